The molecule has 0 bridgehead atoms. The monoisotopic (exact) mass is 364 g/mol. The summed E-state index contributed by atoms with van der Waals surface area (Å²) in [5.74, 6) is 0.289. The highest BCUT2D eigenvalue weighted by Crippen LogP contribution is 2.37. The summed E-state index contributed by atoms with van der Waals surface area (Å²) < 4.78 is 0. The van der Waals surface area contributed by atoms with Gasteiger partial charge in [-0.25, -0.2) is 0 Å². The highest BCUT2D eigenvalue weighted by atomic mass is 14.3. The van der Waals surface area contributed by atoms with Crippen molar-refractivity contribution in [1.29, 1.82) is 0 Å². The lowest BCUT2D eigenvalue weighted by molar-refractivity contribution is 0.463. The van der Waals surface area contributed by atoms with E-state index in [0.717, 1.165) is 5.57 Å². The Morgan fingerprint density at radius 1 is 1.00 bits per heavy atom. The predicted molar refractivity (Wildman–Crippen MR) is 124 cm³/mol. The summed E-state index contributed by atoms with van der Waals surface area (Å²) in [5, 5.41) is 0. The van der Waals surface area contributed by atoms with Crippen LogP contribution in [-0.2, 0) is 0 Å². The zero-order valence-electron chi connectivity index (χ0n) is 16.8. The molecule has 2 aliphatic carbocycles. The third-order valence-electron chi connectivity index (χ3n) is 5.28. The van der Waals surface area contributed by atoms with E-state index in [-0.39, 0.29) is 11.3 Å². The predicted octanol–water partition coefficient (Wildman–Crippen LogP) is 7.56. The lowest BCUT2D eigenvalue weighted by Crippen LogP contribution is -2.19. The summed E-state index contributed by atoms with van der Waals surface area (Å²) in [6.07, 6.45) is 30.5. The number of rotatable bonds is 5. The van der Waals surface area contributed by atoms with Crippen molar-refractivity contribution in [2.75, 3.05) is 0 Å². The minimum atomic E-state index is -0.0852. The molecule has 0 radical (unpaired) electrons. The Morgan fingerprint density at radius 2 is 1.82 bits per heavy atom. The smallest absolute Gasteiger partial charge is 0.0137 e. The highest BCUT2D eigenvalue weighted by molar-refractivity contribution is 5.75. The van der Waals surface area contributed by atoms with Crippen LogP contribution in [0, 0.1) is 11.3 Å². The largest absolute Gasteiger partial charge is 0.0984 e. The molecule has 140 valence electrons. The van der Waals surface area contributed by atoms with Gasteiger partial charge in [-0.3, -0.25) is 0 Å². The Labute approximate surface area is 169 Å². The molecule has 1 aromatic carbocycles. The molecule has 0 saturated heterocycles. The molecule has 2 aliphatic rings. The van der Waals surface area contributed by atoms with Crippen molar-refractivity contribution in [3.05, 3.63) is 139 Å². The van der Waals surface area contributed by atoms with Crippen LogP contribution in [-0.4, -0.2) is 0 Å². The van der Waals surface area contributed by atoms with Crippen LogP contribution in [0.5, 0.6) is 0 Å². The van der Waals surface area contributed by atoms with Gasteiger partial charge in [0, 0.05) is 11.3 Å². The van der Waals surface area contributed by atoms with Gasteiger partial charge in [-0.1, -0.05) is 129 Å². The molecule has 3 rings (SSSR count). The van der Waals surface area contributed by atoms with E-state index in [2.05, 4.69) is 111 Å². The normalized spacial score (nSPS) is 24.6. The minimum Gasteiger partial charge on any atom is -0.0984 e. The molecule has 0 N–H and O–H groups in total. The first kappa shape index (κ1) is 19.6. The van der Waals surface area contributed by atoms with Crippen LogP contribution in [0.3, 0.4) is 0 Å². The second kappa shape index (κ2) is 9.19. The zero-order chi connectivity index (χ0) is 19.8. The van der Waals surface area contributed by atoms with E-state index in [4.69, 9.17) is 0 Å². The molecule has 0 fully saturated rings. The Hall–Kier alpha value is -3.12. The third-order valence-corrected chi connectivity index (χ3v) is 5.28. The van der Waals surface area contributed by atoms with E-state index in [1.54, 1.807) is 0 Å². The van der Waals surface area contributed by atoms with E-state index in [9.17, 15) is 0 Å². The molecule has 0 heteroatoms. The van der Waals surface area contributed by atoms with Gasteiger partial charge in [-0.05, 0) is 29.2 Å². The van der Waals surface area contributed by atoms with Crippen LogP contribution >= 0.6 is 0 Å². The summed E-state index contributed by atoms with van der Waals surface area (Å²) in [6, 6.07) is 10.5. The summed E-state index contributed by atoms with van der Waals surface area (Å²) in [7, 11) is 0. The van der Waals surface area contributed by atoms with E-state index in [0.29, 0.717) is 0 Å². The van der Waals surface area contributed by atoms with Crippen molar-refractivity contribution in [1.82, 2.24) is 0 Å². The molecular formula is C28H28. The molecule has 0 heterocycles. The van der Waals surface area contributed by atoms with E-state index < -0.39 is 0 Å². The van der Waals surface area contributed by atoms with Gasteiger partial charge in [0.1, 0.15) is 0 Å². The molecule has 2 unspecified atom stereocenters. The number of hydrogen-bond donors (Lipinski definition) is 0. The van der Waals surface area contributed by atoms with Crippen LogP contribution in [0.25, 0.3) is 5.57 Å². The Kier molecular flexibility index (Phi) is 6.45. The first-order chi connectivity index (χ1) is 13.7. The standard InChI is InChI=1S/C28H28/c1-4-6-12-23(5-2)26-16-11-21-28(3,22-20-26)27-17-10-15-25(18-19-27)24-13-8-7-9-14-24/h4-22,27H,2H2,1,3H3/b6-4-,23-12+. The maximum Gasteiger partial charge on any atom is 0.0137 e. The zero-order valence-corrected chi connectivity index (χ0v) is 16.8. The van der Waals surface area contributed by atoms with Crippen molar-refractivity contribution in [3.63, 3.8) is 0 Å². The third kappa shape index (κ3) is 4.58. The first-order valence-electron chi connectivity index (χ1n) is 9.83. The van der Waals surface area contributed by atoms with Gasteiger partial charge >= 0.3 is 0 Å². The molecule has 0 nitrogen and oxygen atoms in total. The summed E-state index contributed by atoms with van der Waals surface area (Å²) in [4.78, 5) is 0. The Bertz CT molecular complexity index is 939. The fourth-order valence-electron chi connectivity index (χ4n) is 3.48. The maximum absolute atomic E-state index is 3.97. The minimum absolute atomic E-state index is 0.0852. The number of hydrogen-bond acceptors (Lipinski definition) is 0. The quantitative estimate of drug-likeness (QED) is 0.473. The molecule has 0 spiro atoms. The molecular weight excluding hydrogens is 336 g/mol. The van der Waals surface area contributed by atoms with Crippen molar-refractivity contribution in [3.8, 4) is 0 Å². The van der Waals surface area contributed by atoms with Gasteiger partial charge in [-0.2, -0.15) is 0 Å². The van der Waals surface area contributed by atoms with Gasteiger partial charge in [0.05, 0.1) is 0 Å². The Balaban J connectivity index is 1.83. The molecule has 0 aromatic heterocycles. The second-order valence-corrected chi connectivity index (χ2v) is 7.29. The summed E-state index contributed by atoms with van der Waals surface area (Å²) in [5.41, 5.74) is 4.71. The lowest BCUT2D eigenvalue weighted by atomic mass is 9.76. The van der Waals surface area contributed by atoms with Crippen LogP contribution in [0.15, 0.2) is 133 Å². The van der Waals surface area contributed by atoms with Crippen molar-refractivity contribution in [2.24, 2.45) is 11.3 Å². The average Bonchev–Trinajstić information content (AvgIpc) is 3.09. The molecule has 2 atom stereocenters. The van der Waals surface area contributed by atoms with Crippen LogP contribution in [0.2, 0.25) is 0 Å². The molecule has 28 heavy (non-hydrogen) atoms. The van der Waals surface area contributed by atoms with E-state index in [1.165, 1.54) is 16.7 Å². The highest BCUT2D eigenvalue weighted by Gasteiger charge is 2.26. The maximum atomic E-state index is 3.97. The second-order valence-electron chi connectivity index (χ2n) is 7.29. The molecule has 1 aromatic rings. The van der Waals surface area contributed by atoms with Gasteiger partial charge < -0.3 is 0 Å². The Morgan fingerprint density at radius 3 is 2.57 bits per heavy atom. The molecule has 0 saturated carbocycles. The summed E-state index contributed by atoms with van der Waals surface area (Å²) >= 11 is 0. The van der Waals surface area contributed by atoms with Gasteiger partial charge in [-0.15, -0.1) is 0 Å². The van der Waals surface area contributed by atoms with Gasteiger partial charge in [0.15, 0.2) is 0 Å². The van der Waals surface area contributed by atoms with Crippen molar-refractivity contribution in [2.45, 2.75) is 13.8 Å². The van der Waals surface area contributed by atoms with Crippen LogP contribution < -0.4 is 0 Å². The number of allylic oxidation sites excluding steroid dienone is 17. The van der Waals surface area contributed by atoms with E-state index in [1.807, 2.05) is 25.2 Å². The van der Waals surface area contributed by atoms with Gasteiger partial charge in [0.25, 0.3) is 0 Å². The van der Waals surface area contributed by atoms with Crippen LogP contribution in [0.1, 0.15) is 19.4 Å². The molecule has 0 aliphatic heterocycles. The fourth-order valence-corrected chi connectivity index (χ4v) is 3.48. The summed E-state index contributed by atoms with van der Waals surface area (Å²) in [6.45, 7) is 8.27. The number of benzene rings is 1. The SMILES string of the molecule is C=C/C(=C\C=C/C)C1=CC=CC(C)(C2C=CC=C(c3ccccc3)C=C2)C=C1. The van der Waals surface area contributed by atoms with Gasteiger partial charge in [0.2, 0.25) is 0 Å². The fraction of sp³-hybridized carbons (Fsp3) is 0.143. The van der Waals surface area contributed by atoms with Crippen molar-refractivity contribution < 1.29 is 0 Å². The average molecular weight is 365 g/mol. The van der Waals surface area contributed by atoms with Crippen LogP contribution in [0.4, 0.5) is 0 Å². The van der Waals surface area contributed by atoms with Crippen molar-refractivity contribution >= 4 is 5.57 Å². The first-order valence-corrected chi connectivity index (χ1v) is 9.83. The topological polar surface area (TPSA) is 0 Å². The lowest BCUT2D eigenvalue weighted by Gasteiger charge is -2.28. The van der Waals surface area contributed by atoms with E-state index >= 15 is 0 Å². The molecule has 0 amide bonds.